The van der Waals surface area contributed by atoms with Gasteiger partial charge in [-0.15, -0.1) is 0 Å². The number of rotatable bonds is 5. The Kier molecular flexibility index (Phi) is 2.87. The summed E-state index contributed by atoms with van der Waals surface area (Å²) in [4.78, 5) is 33.4. The van der Waals surface area contributed by atoms with E-state index in [1.165, 1.54) is 17.1 Å². The number of carbonyl (C=O) groups excluding carboxylic acids is 2. The van der Waals surface area contributed by atoms with E-state index in [1.54, 1.807) is 6.20 Å². The third kappa shape index (κ3) is 2.50. The van der Waals surface area contributed by atoms with Gasteiger partial charge in [-0.1, -0.05) is 0 Å². The van der Waals surface area contributed by atoms with Crippen molar-refractivity contribution in [1.29, 1.82) is 0 Å². The first-order valence-corrected chi connectivity index (χ1v) is 8.66. The molecule has 2 aromatic rings. The lowest BCUT2D eigenvalue weighted by Crippen LogP contribution is -2.52. The summed E-state index contributed by atoms with van der Waals surface area (Å²) >= 11 is 0. The number of carbonyl (C=O) groups is 2. The van der Waals surface area contributed by atoms with E-state index in [-0.39, 0.29) is 11.9 Å². The third-order valence-electron chi connectivity index (χ3n) is 5.27. The van der Waals surface area contributed by atoms with Gasteiger partial charge in [0.1, 0.15) is 23.2 Å². The van der Waals surface area contributed by atoms with Crippen molar-refractivity contribution in [2.24, 2.45) is 0 Å². The summed E-state index contributed by atoms with van der Waals surface area (Å²) in [5, 5.41) is 13.2. The van der Waals surface area contributed by atoms with Crippen molar-refractivity contribution in [2.45, 2.75) is 55.5 Å². The third-order valence-corrected chi connectivity index (χ3v) is 5.27. The molecule has 3 fully saturated rings. The molecule has 0 unspecified atom stereocenters. The van der Waals surface area contributed by atoms with Gasteiger partial charge < -0.3 is 10.6 Å². The van der Waals surface area contributed by atoms with Crippen LogP contribution in [0.25, 0.3) is 0 Å². The average molecular weight is 341 g/mol. The molecule has 0 atom stereocenters. The van der Waals surface area contributed by atoms with Gasteiger partial charge in [0.15, 0.2) is 5.82 Å². The predicted molar refractivity (Wildman–Crippen MR) is 85.5 cm³/mol. The standard InChI is InChI=1S/C16H19N7O2/c24-13(16(5-6-16)20-14(25)23-8-7-17-9-23)19-15(3-4-15)12-18-11(21-22-12)10-1-2-10/h7-10H,1-6H2,(H,19,24)(H,20,25)(H,18,21,22). The highest BCUT2D eigenvalue weighted by Gasteiger charge is 2.57. The van der Waals surface area contributed by atoms with Crippen LogP contribution in [0.1, 0.15) is 56.1 Å². The van der Waals surface area contributed by atoms with Gasteiger partial charge in [0, 0.05) is 18.3 Å². The van der Waals surface area contributed by atoms with Gasteiger partial charge in [-0.25, -0.2) is 14.8 Å². The SMILES string of the molecule is O=C(NC1(C(=O)NC2(c3n[nH]c(C4CC4)n3)CC2)CC1)n1ccnc1. The van der Waals surface area contributed by atoms with E-state index in [1.807, 2.05) is 0 Å². The van der Waals surface area contributed by atoms with Crippen LogP contribution < -0.4 is 10.6 Å². The maximum atomic E-state index is 12.8. The summed E-state index contributed by atoms with van der Waals surface area (Å²) in [5.41, 5.74) is -1.30. The lowest BCUT2D eigenvalue weighted by Gasteiger charge is -2.21. The van der Waals surface area contributed by atoms with E-state index >= 15 is 0 Å². The van der Waals surface area contributed by atoms with Crippen LogP contribution in [0.3, 0.4) is 0 Å². The number of aromatic nitrogens is 5. The second-order valence-corrected chi connectivity index (χ2v) is 7.34. The molecule has 2 aromatic heterocycles. The number of aromatic amines is 1. The fourth-order valence-electron chi connectivity index (χ4n) is 3.08. The Bertz CT molecular complexity index is 829. The molecule has 2 heterocycles. The van der Waals surface area contributed by atoms with Crippen LogP contribution >= 0.6 is 0 Å². The molecule has 25 heavy (non-hydrogen) atoms. The van der Waals surface area contributed by atoms with Crippen LogP contribution in [0.4, 0.5) is 4.79 Å². The molecule has 3 aliphatic carbocycles. The molecule has 9 nitrogen and oxygen atoms in total. The molecule has 3 aliphatic rings. The van der Waals surface area contributed by atoms with E-state index in [4.69, 9.17) is 0 Å². The van der Waals surface area contributed by atoms with E-state index in [9.17, 15) is 9.59 Å². The zero-order valence-electron chi connectivity index (χ0n) is 13.7. The second kappa shape index (κ2) is 4.90. The van der Waals surface area contributed by atoms with Crippen molar-refractivity contribution in [1.82, 2.24) is 35.4 Å². The van der Waals surface area contributed by atoms with Crippen molar-refractivity contribution >= 4 is 11.9 Å². The Hall–Kier alpha value is -2.71. The Morgan fingerprint density at radius 1 is 1.20 bits per heavy atom. The highest BCUT2D eigenvalue weighted by molar-refractivity contribution is 5.94. The Labute approximate surface area is 143 Å². The van der Waals surface area contributed by atoms with Crippen molar-refractivity contribution < 1.29 is 9.59 Å². The molecular weight excluding hydrogens is 322 g/mol. The fraction of sp³-hybridized carbons (Fsp3) is 0.562. The van der Waals surface area contributed by atoms with Crippen LogP contribution in [-0.4, -0.2) is 42.2 Å². The van der Waals surface area contributed by atoms with E-state index in [0.717, 1.165) is 31.5 Å². The summed E-state index contributed by atoms with van der Waals surface area (Å²) in [5.74, 6) is 1.93. The van der Waals surface area contributed by atoms with Gasteiger partial charge in [0.2, 0.25) is 5.91 Å². The highest BCUT2D eigenvalue weighted by Crippen LogP contribution is 2.47. The Morgan fingerprint density at radius 3 is 2.60 bits per heavy atom. The molecule has 9 heteroatoms. The smallest absolute Gasteiger partial charge is 0.327 e. The highest BCUT2D eigenvalue weighted by atomic mass is 16.2. The number of hydrogen-bond acceptors (Lipinski definition) is 5. The molecule has 0 radical (unpaired) electrons. The van der Waals surface area contributed by atoms with Crippen LogP contribution in [0, 0.1) is 0 Å². The largest absolute Gasteiger partial charge is 0.341 e. The van der Waals surface area contributed by atoms with Gasteiger partial charge in [0.05, 0.1) is 0 Å². The minimum atomic E-state index is -0.827. The number of nitrogens with one attached hydrogen (secondary N) is 3. The van der Waals surface area contributed by atoms with Gasteiger partial charge in [0.25, 0.3) is 0 Å². The normalized spacial score (nSPS) is 22.2. The molecule has 5 rings (SSSR count). The van der Waals surface area contributed by atoms with Crippen molar-refractivity contribution in [3.63, 3.8) is 0 Å². The number of imidazole rings is 1. The molecule has 0 spiro atoms. The molecular formula is C16H19N7O2. The number of H-pyrrole nitrogens is 1. The van der Waals surface area contributed by atoms with Crippen molar-refractivity contribution in [3.05, 3.63) is 30.4 Å². The molecule has 0 aliphatic heterocycles. The van der Waals surface area contributed by atoms with Crippen LogP contribution in [0.2, 0.25) is 0 Å². The first-order chi connectivity index (χ1) is 12.1. The first-order valence-electron chi connectivity index (χ1n) is 8.66. The summed E-state index contributed by atoms with van der Waals surface area (Å²) in [7, 11) is 0. The molecule has 3 N–H and O–H groups in total. The zero-order valence-corrected chi connectivity index (χ0v) is 13.7. The molecule has 130 valence electrons. The summed E-state index contributed by atoms with van der Waals surface area (Å²) < 4.78 is 1.33. The Balaban J connectivity index is 1.28. The molecule has 0 aromatic carbocycles. The average Bonchev–Trinajstić information content (AvgIpc) is 3.58. The minimum Gasteiger partial charge on any atom is -0.341 e. The van der Waals surface area contributed by atoms with Gasteiger partial charge in [-0.2, -0.15) is 5.10 Å². The van der Waals surface area contributed by atoms with Crippen LogP contribution in [0.15, 0.2) is 18.7 Å². The molecule has 0 bridgehead atoms. The lowest BCUT2D eigenvalue weighted by molar-refractivity contribution is -0.125. The quantitative estimate of drug-likeness (QED) is 0.742. The van der Waals surface area contributed by atoms with Gasteiger partial charge in [-0.3, -0.25) is 14.5 Å². The van der Waals surface area contributed by atoms with Gasteiger partial charge in [-0.05, 0) is 38.5 Å². The number of amides is 2. The van der Waals surface area contributed by atoms with Crippen molar-refractivity contribution in [3.8, 4) is 0 Å². The van der Waals surface area contributed by atoms with Crippen LogP contribution in [-0.2, 0) is 10.3 Å². The molecule has 3 saturated carbocycles. The summed E-state index contributed by atoms with van der Waals surface area (Å²) in [6, 6.07) is -0.344. The van der Waals surface area contributed by atoms with E-state index in [0.29, 0.717) is 24.6 Å². The maximum absolute atomic E-state index is 12.8. The first kappa shape index (κ1) is 14.6. The Morgan fingerprint density at radius 2 is 2.00 bits per heavy atom. The number of nitrogens with zero attached hydrogens (tertiary/aromatic N) is 4. The monoisotopic (exact) mass is 341 g/mol. The molecule has 0 saturated heterocycles. The topological polar surface area (TPSA) is 118 Å². The maximum Gasteiger partial charge on any atom is 0.327 e. The number of hydrogen-bond donors (Lipinski definition) is 3. The minimum absolute atomic E-state index is 0.156. The zero-order chi connectivity index (χ0) is 17.1. The van der Waals surface area contributed by atoms with Crippen LogP contribution in [0.5, 0.6) is 0 Å². The molecule has 2 amide bonds. The van der Waals surface area contributed by atoms with E-state index in [2.05, 4.69) is 30.8 Å². The summed E-state index contributed by atoms with van der Waals surface area (Å²) in [6.07, 6.45) is 9.72. The van der Waals surface area contributed by atoms with Crippen molar-refractivity contribution in [2.75, 3.05) is 0 Å². The fourth-order valence-corrected chi connectivity index (χ4v) is 3.08. The predicted octanol–water partition coefficient (Wildman–Crippen LogP) is 0.774. The second-order valence-electron chi connectivity index (χ2n) is 7.34. The van der Waals surface area contributed by atoms with E-state index < -0.39 is 11.1 Å². The summed E-state index contributed by atoms with van der Waals surface area (Å²) in [6.45, 7) is 0. The lowest BCUT2D eigenvalue weighted by atomic mass is 10.2. The van der Waals surface area contributed by atoms with Gasteiger partial charge >= 0.3 is 6.03 Å².